The number of aromatic nitrogens is 2. The molecule has 12 heteroatoms. The monoisotopic (exact) mass is 521 g/mol. The standard InChI is InChI=1S/C25H17F6N3O3/c1-3-34-21-18(22(36)33(2)23(34)37)16(17-19(32-21)14-6-4-5-7-15(14)20(17)35)11-8-12(24(26,27)28)10-13(9-11)25(29,30)31/h4-10,16,32H,3H2,1-2H3. The number of nitrogens with zero attached hydrogens (tertiary/aromatic N) is 2. The van der Waals surface area contributed by atoms with Gasteiger partial charge >= 0.3 is 18.0 Å². The van der Waals surface area contributed by atoms with Crippen molar-refractivity contribution in [2.24, 2.45) is 7.05 Å². The van der Waals surface area contributed by atoms with E-state index in [0.29, 0.717) is 22.3 Å². The Hall–Kier alpha value is -4.09. The molecule has 2 aromatic carbocycles. The van der Waals surface area contributed by atoms with E-state index in [2.05, 4.69) is 5.32 Å². The lowest BCUT2D eigenvalue weighted by Crippen LogP contribution is -2.43. The van der Waals surface area contributed by atoms with Crippen LogP contribution >= 0.6 is 0 Å². The molecule has 1 aliphatic heterocycles. The summed E-state index contributed by atoms with van der Waals surface area (Å²) in [5.74, 6) is -2.34. The number of nitrogens with one attached hydrogen (secondary N) is 1. The van der Waals surface area contributed by atoms with E-state index in [4.69, 9.17) is 0 Å². The smallest absolute Gasteiger partial charge is 0.340 e. The zero-order valence-electron chi connectivity index (χ0n) is 19.2. The molecule has 0 saturated heterocycles. The quantitative estimate of drug-likeness (QED) is 0.494. The van der Waals surface area contributed by atoms with Gasteiger partial charge in [-0.05, 0) is 30.7 Å². The van der Waals surface area contributed by atoms with Crippen LogP contribution in [0.1, 0.15) is 51.0 Å². The van der Waals surface area contributed by atoms with Crippen molar-refractivity contribution in [3.05, 3.63) is 102 Å². The number of carbonyl (C=O) groups excluding carboxylic acids is 1. The second-order valence-electron chi connectivity index (χ2n) is 8.71. The van der Waals surface area contributed by atoms with Gasteiger partial charge in [0.1, 0.15) is 5.82 Å². The molecule has 0 fully saturated rings. The minimum Gasteiger partial charge on any atom is -0.340 e. The third-order valence-electron chi connectivity index (χ3n) is 6.61. The van der Waals surface area contributed by atoms with Crippen LogP contribution in [0, 0.1) is 0 Å². The Morgan fingerprint density at radius 3 is 2.00 bits per heavy atom. The van der Waals surface area contributed by atoms with Crippen molar-refractivity contribution in [3.8, 4) is 0 Å². The number of anilines is 1. The van der Waals surface area contributed by atoms with E-state index in [1.165, 1.54) is 6.07 Å². The number of allylic oxidation sites excluding steroid dienone is 1. The van der Waals surface area contributed by atoms with Crippen LogP contribution < -0.4 is 16.6 Å². The van der Waals surface area contributed by atoms with Crippen molar-refractivity contribution in [2.75, 3.05) is 5.32 Å². The van der Waals surface area contributed by atoms with Crippen molar-refractivity contribution in [1.29, 1.82) is 0 Å². The molecular weight excluding hydrogens is 504 g/mol. The molecule has 0 saturated carbocycles. The van der Waals surface area contributed by atoms with Crippen LogP contribution in [0.2, 0.25) is 0 Å². The minimum atomic E-state index is -5.14. The third kappa shape index (κ3) is 3.61. The van der Waals surface area contributed by atoms with Crippen LogP contribution in [0.15, 0.2) is 57.6 Å². The molecule has 0 amide bonds. The number of alkyl halides is 6. The summed E-state index contributed by atoms with van der Waals surface area (Å²) in [4.78, 5) is 39.6. The molecule has 192 valence electrons. The summed E-state index contributed by atoms with van der Waals surface area (Å²) in [6, 6.07) is 7.21. The molecule has 1 aliphatic carbocycles. The van der Waals surface area contributed by atoms with Crippen LogP contribution in [0.5, 0.6) is 0 Å². The predicted octanol–water partition coefficient (Wildman–Crippen LogP) is 4.77. The number of ketones is 1. The Morgan fingerprint density at radius 2 is 1.46 bits per heavy atom. The van der Waals surface area contributed by atoms with Crippen molar-refractivity contribution in [2.45, 2.75) is 31.7 Å². The van der Waals surface area contributed by atoms with E-state index in [1.807, 2.05) is 0 Å². The molecule has 1 aromatic heterocycles. The van der Waals surface area contributed by atoms with Crippen molar-refractivity contribution in [3.63, 3.8) is 0 Å². The molecule has 0 bridgehead atoms. The Bertz CT molecular complexity index is 1610. The lowest BCUT2D eigenvalue weighted by molar-refractivity contribution is -0.143. The zero-order valence-corrected chi connectivity index (χ0v) is 19.2. The van der Waals surface area contributed by atoms with Gasteiger partial charge in [0.2, 0.25) is 0 Å². The Kier molecular flexibility index (Phi) is 5.29. The first-order valence-corrected chi connectivity index (χ1v) is 11.0. The minimum absolute atomic E-state index is 0.0168. The normalized spacial score (nSPS) is 16.9. The first-order chi connectivity index (χ1) is 17.3. The highest BCUT2D eigenvalue weighted by Crippen LogP contribution is 2.49. The van der Waals surface area contributed by atoms with Gasteiger partial charge in [-0.1, -0.05) is 24.3 Å². The fourth-order valence-corrected chi connectivity index (χ4v) is 4.93. The molecular formula is C25H17F6N3O3. The van der Waals surface area contributed by atoms with Crippen LogP contribution in [0.4, 0.5) is 32.2 Å². The molecule has 37 heavy (non-hydrogen) atoms. The summed E-state index contributed by atoms with van der Waals surface area (Å²) < 4.78 is 84.1. The maximum atomic E-state index is 13.7. The second-order valence-corrected chi connectivity index (χ2v) is 8.71. The van der Waals surface area contributed by atoms with E-state index in [0.717, 1.165) is 11.6 Å². The Morgan fingerprint density at radius 1 is 0.892 bits per heavy atom. The number of carbonyl (C=O) groups is 1. The number of Topliss-reactive ketones (excluding diaryl/α,β-unsaturated/α-hetero) is 1. The van der Waals surface area contributed by atoms with E-state index in [9.17, 15) is 40.7 Å². The highest BCUT2D eigenvalue weighted by molar-refractivity contribution is 6.23. The number of benzene rings is 2. The van der Waals surface area contributed by atoms with Crippen LogP contribution in [-0.4, -0.2) is 14.9 Å². The second kappa shape index (κ2) is 7.95. The van der Waals surface area contributed by atoms with Gasteiger partial charge in [0, 0.05) is 36.2 Å². The molecule has 0 spiro atoms. The molecule has 1 atom stereocenters. The molecule has 1 N–H and O–H groups in total. The van der Waals surface area contributed by atoms with Gasteiger partial charge in [-0.25, -0.2) is 4.79 Å². The van der Waals surface area contributed by atoms with Crippen LogP contribution in [-0.2, 0) is 25.9 Å². The molecule has 5 rings (SSSR count). The maximum absolute atomic E-state index is 13.7. The van der Waals surface area contributed by atoms with E-state index in [1.54, 1.807) is 25.1 Å². The first kappa shape index (κ1) is 24.6. The third-order valence-corrected chi connectivity index (χ3v) is 6.61. The maximum Gasteiger partial charge on any atom is 0.416 e. The van der Waals surface area contributed by atoms with Crippen LogP contribution in [0.25, 0.3) is 5.70 Å². The lowest BCUT2D eigenvalue weighted by Gasteiger charge is -2.31. The predicted molar refractivity (Wildman–Crippen MR) is 121 cm³/mol. The van der Waals surface area contributed by atoms with Gasteiger partial charge in [0.15, 0.2) is 5.78 Å². The molecule has 2 heterocycles. The summed E-state index contributed by atoms with van der Waals surface area (Å²) in [6.45, 7) is 1.62. The lowest BCUT2D eigenvalue weighted by atomic mass is 9.80. The van der Waals surface area contributed by atoms with E-state index >= 15 is 0 Å². The van der Waals surface area contributed by atoms with Gasteiger partial charge in [-0.3, -0.25) is 18.7 Å². The molecule has 2 aliphatic rings. The number of rotatable bonds is 2. The molecule has 0 radical (unpaired) electrons. The Labute approximate surface area is 204 Å². The highest BCUT2D eigenvalue weighted by Gasteiger charge is 2.45. The summed E-state index contributed by atoms with van der Waals surface area (Å²) in [5, 5.41) is 2.93. The van der Waals surface area contributed by atoms with Gasteiger partial charge in [0.25, 0.3) is 5.56 Å². The van der Waals surface area contributed by atoms with Gasteiger partial charge in [0.05, 0.1) is 22.4 Å². The zero-order chi connectivity index (χ0) is 27.0. The average Bonchev–Trinajstić information content (AvgIpc) is 3.12. The SMILES string of the molecule is CCn1c2c(c(=O)n(C)c1=O)C(c1cc(C(F)(F)F)cc(C(F)(F)F)c1)C1=C(N2)c2ccccc2C1=O. The largest absolute Gasteiger partial charge is 0.416 e. The average molecular weight is 521 g/mol. The van der Waals surface area contributed by atoms with E-state index in [-0.39, 0.29) is 40.8 Å². The number of hydrogen-bond acceptors (Lipinski definition) is 4. The fraction of sp³-hybridized carbons (Fsp3) is 0.240. The summed E-state index contributed by atoms with van der Waals surface area (Å²) in [6.07, 6.45) is -10.3. The molecule has 1 unspecified atom stereocenters. The molecule has 3 aromatic rings. The fourth-order valence-electron chi connectivity index (χ4n) is 4.93. The van der Waals surface area contributed by atoms with Gasteiger partial charge < -0.3 is 5.32 Å². The van der Waals surface area contributed by atoms with E-state index < -0.39 is 52.0 Å². The number of halogens is 6. The van der Waals surface area contributed by atoms with Crippen LogP contribution in [0.3, 0.4) is 0 Å². The van der Waals surface area contributed by atoms with Gasteiger partial charge in [-0.15, -0.1) is 0 Å². The summed E-state index contributed by atoms with van der Waals surface area (Å²) in [5.41, 5.74) is -5.19. The summed E-state index contributed by atoms with van der Waals surface area (Å²) in [7, 11) is 1.15. The summed E-state index contributed by atoms with van der Waals surface area (Å²) >= 11 is 0. The van der Waals surface area contributed by atoms with Crippen molar-refractivity contribution in [1.82, 2.24) is 9.13 Å². The highest BCUT2D eigenvalue weighted by atomic mass is 19.4. The van der Waals surface area contributed by atoms with Crippen molar-refractivity contribution >= 4 is 17.3 Å². The number of hydrogen-bond donors (Lipinski definition) is 1. The van der Waals surface area contributed by atoms with Gasteiger partial charge in [-0.2, -0.15) is 26.3 Å². The van der Waals surface area contributed by atoms with Crippen molar-refractivity contribution < 1.29 is 31.1 Å². The molecule has 6 nitrogen and oxygen atoms in total. The number of fused-ring (bicyclic) bond motifs is 3. The first-order valence-electron chi connectivity index (χ1n) is 11.0. The Balaban J connectivity index is 1.92. The topological polar surface area (TPSA) is 73.1 Å².